The van der Waals surface area contributed by atoms with Crippen LogP contribution in [0.1, 0.15) is 18.4 Å². The first-order chi connectivity index (χ1) is 8.70. The quantitative estimate of drug-likeness (QED) is 0.881. The third kappa shape index (κ3) is 3.09. The van der Waals surface area contributed by atoms with Crippen LogP contribution in [0.25, 0.3) is 0 Å². The zero-order valence-corrected chi connectivity index (χ0v) is 11.5. The molecule has 1 saturated heterocycles. The minimum absolute atomic E-state index is 0.0290. The third-order valence-electron chi connectivity index (χ3n) is 3.02. The van der Waals surface area contributed by atoms with E-state index in [-0.39, 0.29) is 11.8 Å². The van der Waals surface area contributed by atoms with Gasteiger partial charge in [0.2, 0.25) is 5.91 Å². The Morgan fingerprint density at radius 2 is 2.39 bits per heavy atom. The highest BCUT2D eigenvalue weighted by molar-refractivity contribution is 9.10. The summed E-state index contributed by atoms with van der Waals surface area (Å²) in [6.07, 6.45) is 1.96. The van der Waals surface area contributed by atoms with Gasteiger partial charge in [-0.3, -0.25) is 4.79 Å². The molecule has 2 rings (SSSR count). The molecule has 1 aliphatic rings. The molecule has 1 aromatic carbocycles. The van der Waals surface area contributed by atoms with Gasteiger partial charge in [0.15, 0.2) is 0 Å². The van der Waals surface area contributed by atoms with Crippen molar-refractivity contribution in [3.8, 4) is 6.07 Å². The summed E-state index contributed by atoms with van der Waals surface area (Å²) in [5.74, 6) is 0.0638. The van der Waals surface area contributed by atoms with Gasteiger partial charge >= 0.3 is 0 Å². The van der Waals surface area contributed by atoms with E-state index in [1.807, 2.05) is 0 Å². The van der Waals surface area contributed by atoms with Crippen LogP contribution in [0.5, 0.6) is 0 Å². The summed E-state index contributed by atoms with van der Waals surface area (Å²) in [5, 5.41) is 14.9. The Morgan fingerprint density at radius 3 is 3.00 bits per heavy atom. The Morgan fingerprint density at radius 1 is 1.56 bits per heavy atom. The van der Waals surface area contributed by atoms with Crippen molar-refractivity contribution >= 4 is 27.5 Å². The highest BCUT2D eigenvalue weighted by Gasteiger charge is 2.21. The number of piperidine rings is 1. The molecular weight excluding hydrogens is 294 g/mol. The number of carbonyl (C=O) groups excluding carboxylic acids is 1. The second kappa shape index (κ2) is 5.98. The van der Waals surface area contributed by atoms with Gasteiger partial charge in [-0.05, 0) is 53.5 Å². The topological polar surface area (TPSA) is 64.9 Å². The molecular formula is C13H14BrN3O. The minimum atomic E-state index is 0.0290. The van der Waals surface area contributed by atoms with Gasteiger partial charge in [-0.25, -0.2) is 0 Å². The van der Waals surface area contributed by atoms with E-state index in [4.69, 9.17) is 5.26 Å². The van der Waals surface area contributed by atoms with Gasteiger partial charge in [-0.2, -0.15) is 5.26 Å². The zero-order chi connectivity index (χ0) is 13.0. The summed E-state index contributed by atoms with van der Waals surface area (Å²) in [4.78, 5) is 12.0. The van der Waals surface area contributed by atoms with Crippen LogP contribution < -0.4 is 10.6 Å². The van der Waals surface area contributed by atoms with Crippen LogP contribution in [0.2, 0.25) is 0 Å². The lowest BCUT2D eigenvalue weighted by Gasteiger charge is -2.22. The number of halogens is 1. The molecule has 0 radical (unpaired) electrons. The number of nitriles is 1. The van der Waals surface area contributed by atoms with Crippen molar-refractivity contribution in [3.05, 3.63) is 28.2 Å². The van der Waals surface area contributed by atoms with Gasteiger partial charge < -0.3 is 10.6 Å². The van der Waals surface area contributed by atoms with Crippen LogP contribution in [0, 0.1) is 17.2 Å². The van der Waals surface area contributed by atoms with Crippen molar-refractivity contribution in [2.24, 2.45) is 5.92 Å². The second-order valence-electron chi connectivity index (χ2n) is 4.34. The van der Waals surface area contributed by atoms with Crippen LogP contribution in [-0.4, -0.2) is 19.0 Å². The largest absolute Gasteiger partial charge is 0.325 e. The molecule has 1 aromatic rings. The number of rotatable bonds is 2. The molecule has 0 spiro atoms. The van der Waals surface area contributed by atoms with Gasteiger partial charge in [0, 0.05) is 11.0 Å². The summed E-state index contributed by atoms with van der Waals surface area (Å²) < 4.78 is 0.735. The maximum absolute atomic E-state index is 12.0. The Labute approximate surface area is 115 Å². The minimum Gasteiger partial charge on any atom is -0.325 e. The van der Waals surface area contributed by atoms with E-state index in [1.54, 1.807) is 18.2 Å². The lowest BCUT2D eigenvalue weighted by Crippen LogP contribution is -2.37. The molecule has 1 atom stereocenters. The lowest BCUT2D eigenvalue weighted by atomic mass is 9.99. The predicted molar refractivity (Wildman–Crippen MR) is 73.1 cm³/mol. The van der Waals surface area contributed by atoms with E-state index < -0.39 is 0 Å². The lowest BCUT2D eigenvalue weighted by molar-refractivity contribution is -0.120. The number of hydrogen-bond donors (Lipinski definition) is 2. The monoisotopic (exact) mass is 307 g/mol. The Bertz CT molecular complexity index is 489. The summed E-state index contributed by atoms with van der Waals surface area (Å²) in [7, 11) is 0. The average molecular weight is 308 g/mol. The van der Waals surface area contributed by atoms with Crippen molar-refractivity contribution in [2.45, 2.75) is 12.8 Å². The molecule has 0 saturated carbocycles. The van der Waals surface area contributed by atoms with E-state index in [1.165, 1.54) is 0 Å². The zero-order valence-electron chi connectivity index (χ0n) is 9.87. The fraction of sp³-hybridized carbons (Fsp3) is 0.385. The van der Waals surface area contributed by atoms with Crippen LogP contribution in [0.3, 0.4) is 0 Å². The fourth-order valence-electron chi connectivity index (χ4n) is 2.00. The van der Waals surface area contributed by atoms with Crippen molar-refractivity contribution in [1.29, 1.82) is 5.26 Å². The van der Waals surface area contributed by atoms with Crippen molar-refractivity contribution in [3.63, 3.8) is 0 Å². The smallest absolute Gasteiger partial charge is 0.228 e. The van der Waals surface area contributed by atoms with Crippen LogP contribution in [0.15, 0.2) is 22.7 Å². The molecule has 4 nitrogen and oxygen atoms in total. The normalized spacial score (nSPS) is 19.0. The number of hydrogen-bond acceptors (Lipinski definition) is 3. The highest BCUT2D eigenvalue weighted by Crippen LogP contribution is 2.24. The first-order valence-electron chi connectivity index (χ1n) is 5.92. The molecule has 2 N–H and O–H groups in total. The predicted octanol–water partition coefficient (Wildman–Crippen LogP) is 2.26. The van der Waals surface area contributed by atoms with Gasteiger partial charge in [0.05, 0.1) is 23.2 Å². The van der Waals surface area contributed by atoms with E-state index >= 15 is 0 Å². The van der Waals surface area contributed by atoms with Gasteiger partial charge in [0.25, 0.3) is 0 Å². The second-order valence-corrected chi connectivity index (χ2v) is 5.19. The van der Waals surface area contributed by atoms with E-state index in [0.29, 0.717) is 11.3 Å². The number of nitrogens with one attached hydrogen (secondary N) is 2. The third-order valence-corrected chi connectivity index (χ3v) is 3.68. The summed E-state index contributed by atoms with van der Waals surface area (Å²) in [6.45, 7) is 1.73. The SMILES string of the molecule is N#Cc1ccc(NC(=O)[C@H]2CCCNC2)c(Br)c1. The number of nitrogens with zero attached hydrogens (tertiary/aromatic N) is 1. The molecule has 18 heavy (non-hydrogen) atoms. The molecule has 5 heteroatoms. The molecule has 0 aliphatic carbocycles. The Balaban J connectivity index is 2.04. The van der Waals surface area contributed by atoms with Crippen LogP contribution in [-0.2, 0) is 4.79 Å². The molecule has 1 heterocycles. The van der Waals surface area contributed by atoms with E-state index in [0.717, 1.165) is 30.4 Å². The highest BCUT2D eigenvalue weighted by atomic mass is 79.9. The van der Waals surface area contributed by atoms with Gasteiger partial charge in [0.1, 0.15) is 0 Å². The molecule has 94 valence electrons. The summed E-state index contributed by atoms with van der Waals surface area (Å²) >= 11 is 3.36. The first kappa shape index (κ1) is 13.1. The fourth-order valence-corrected chi connectivity index (χ4v) is 2.47. The molecule has 1 amide bonds. The summed E-state index contributed by atoms with van der Waals surface area (Å²) in [5.41, 5.74) is 1.28. The van der Waals surface area contributed by atoms with Crippen LogP contribution >= 0.6 is 15.9 Å². The first-order valence-corrected chi connectivity index (χ1v) is 6.71. The molecule has 1 fully saturated rings. The Hall–Kier alpha value is -1.38. The molecule has 1 aliphatic heterocycles. The van der Waals surface area contributed by atoms with Gasteiger partial charge in [-0.15, -0.1) is 0 Å². The molecule has 0 bridgehead atoms. The molecule has 0 unspecified atom stereocenters. The maximum Gasteiger partial charge on any atom is 0.228 e. The number of amides is 1. The van der Waals surface area contributed by atoms with Crippen molar-refractivity contribution in [1.82, 2.24) is 5.32 Å². The van der Waals surface area contributed by atoms with Crippen molar-refractivity contribution in [2.75, 3.05) is 18.4 Å². The Kier molecular flexibility index (Phi) is 4.34. The standard InChI is InChI=1S/C13H14BrN3O/c14-11-6-9(7-15)3-4-12(11)17-13(18)10-2-1-5-16-8-10/h3-4,6,10,16H,1-2,5,8H2,(H,17,18)/t10-/m0/s1. The van der Waals surface area contributed by atoms with E-state index in [2.05, 4.69) is 32.6 Å². The number of anilines is 1. The number of carbonyl (C=O) groups is 1. The average Bonchev–Trinajstić information content (AvgIpc) is 2.42. The molecule has 0 aromatic heterocycles. The maximum atomic E-state index is 12.0. The summed E-state index contributed by atoms with van der Waals surface area (Å²) in [6, 6.07) is 7.20. The van der Waals surface area contributed by atoms with Crippen LogP contribution in [0.4, 0.5) is 5.69 Å². The number of benzene rings is 1. The van der Waals surface area contributed by atoms with E-state index in [9.17, 15) is 4.79 Å². The van der Waals surface area contributed by atoms with Crippen molar-refractivity contribution < 1.29 is 4.79 Å². The van der Waals surface area contributed by atoms with Gasteiger partial charge in [-0.1, -0.05) is 0 Å².